The highest BCUT2D eigenvalue weighted by molar-refractivity contribution is 7.89. The lowest BCUT2D eigenvalue weighted by Crippen LogP contribution is -2.44. The van der Waals surface area contributed by atoms with Crippen LogP contribution in [0.15, 0.2) is 23.2 Å². The summed E-state index contributed by atoms with van der Waals surface area (Å²) in [6.07, 6.45) is 2.07. The van der Waals surface area contributed by atoms with Crippen molar-refractivity contribution in [2.24, 2.45) is 0 Å². The van der Waals surface area contributed by atoms with Crippen molar-refractivity contribution in [1.82, 2.24) is 15.0 Å². The van der Waals surface area contributed by atoms with E-state index in [4.69, 9.17) is 11.6 Å². The Morgan fingerprint density at radius 3 is 2.79 bits per heavy atom. The third-order valence-corrected chi connectivity index (χ3v) is 4.03. The quantitative estimate of drug-likeness (QED) is 0.765. The van der Waals surface area contributed by atoms with E-state index in [1.54, 1.807) is 0 Å². The van der Waals surface area contributed by atoms with E-state index < -0.39 is 16.1 Å². The molecule has 0 saturated heterocycles. The minimum Gasteiger partial charge on any atom is -0.355 e. The summed E-state index contributed by atoms with van der Waals surface area (Å²) in [7, 11) is -3.79. The first-order valence-electron chi connectivity index (χ1n) is 5.78. The number of halogens is 1. The summed E-state index contributed by atoms with van der Waals surface area (Å²) in [5.74, 6) is -0.370. The molecule has 0 radical (unpaired) electrons. The van der Waals surface area contributed by atoms with Gasteiger partial charge in [0.2, 0.25) is 15.9 Å². The zero-order valence-corrected chi connectivity index (χ0v) is 12.3. The van der Waals surface area contributed by atoms with E-state index in [1.165, 1.54) is 25.3 Å². The normalized spacial score (nSPS) is 13.0. The van der Waals surface area contributed by atoms with Crippen LogP contribution in [0.4, 0.5) is 0 Å². The van der Waals surface area contributed by atoms with Gasteiger partial charge >= 0.3 is 0 Å². The molecule has 8 heteroatoms. The zero-order valence-electron chi connectivity index (χ0n) is 10.7. The maximum atomic E-state index is 12.0. The minimum atomic E-state index is -3.79. The largest absolute Gasteiger partial charge is 0.355 e. The highest BCUT2D eigenvalue weighted by atomic mass is 35.5. The van der Waals surface area contributed by atoms with Crippen LogP contribution in [-0.4, -0.2) is 31.9 Å². The summed E-state index contributed by atoms with van der Waals surface area (Å²) in [6.45, 7) is 3.89. The van der Waals surface area contributed by atoms with Gasteiger partial charge < -0.3 is 5.32 Å². The van der Waals surface area contributed by atoms with Crippen molar-refractivity contribution in [3.05, 3.63) is 23.5 Å². The summed E-state index contributed by atoms with van der Waals surface area (Å²) < 4.78 is 26.3. The maximum absolute atomic E-state index is 12.0. The van der Waals surface area contributed by atoms with Crippen molar-refractivity contribution in [2.45, 2.75) is 31.2 Å². The summed E-state index contributed by atoms with van der Waals surface area (Å²) in [5, 5.41) is 2.69. The van der Waals surface area contributed by atoms with Crippen LogP contribution in [0.25, 0.3) is 0 Å². The summed E-state index contributed by atoms with van der Waals surface area (Å²) >= 11 is 5.64. The molecular weight excluding hydrogens is 290 g/mol. The first kappa shape index (κ1) is 15.9. The lowest BCUT2D eigenvalue weighted by atomic mass is 10.3. The van der Waals surface area contributed by atoms with E-state index in [1.807, 2.05) is 6.92 Å². The van der Waals surface area contributed by atoms with Crippen LogP contribution < -0.4 is 10.0 Å². The van der Waals surface area contributed by atoms with Gasteiger partial charge in [-0.15, -0.1) is 0 Å². The smallest absolute Gasteiger partial charge is 0.241 e. The Morgan fingerprint density at radius 1 is 1.53 bits per heavy atom. The van der Waals surface area contributed by atoms with Gasteiger partial charge in [0.1, 0.15) is 5.15 Å². The molecule has 1 heterocycles. The van der Waals surface area contributed by atoms with Crippen LogP contribution in [0, 0.1) is 0 Å². The number of nitrogens with one attached hydrogen (secondary N) is 2. The molecule has 1 unspecified atom stereocenters. The molecular formula is C11H16ClN3O3S. The van der Waals surface area contributed by atoms with Crippen LogP contribution in [0.1, 0.15) is 20.3 Å². The second-order valence-electron chi connectivity index (χ2n) is 3.95. The molecule has 0 aliphatic rings. The Labute approximate surface area is 117 Å². The van der Waals surface area contributed by atoms with Gasteiger partial charge in [-0.3, -0.25) is 4.79 Å². The monoisotopic (exact) mass is 305 g/mol. The van der Waals surface area contributed by atoms with Gasteiger partial charge in [0.05, 0.1) is 10.9 Å². The van der Waals surface area contributed by atoms with Gasteiger partial charge in [0.15, 0.2) is 0 Å². The summed E-state index contributed by atoms with van der Waals surface area (Å²) in [6, 6.07) is 1.68. The number of pyridine rings is 1. The van der Waals surface area contributed by atoms with Crippen molar-refractivity contribution in [1.29, 1.82) is 0 Å². The number of sulfonamides is 1. The number of amides is 1. The molecule has 2 N–H and O–H groups in total. The molecule has 0 aliphatic heterocycles. The second-order valence-corrected chi connectivity index (χ2v) is 6.05. The van der Waals surface area contributed by atoms with Crippen molar-refractivity contribution in [3.8, 4) is 0 Å². The topological polar surface area (TPSA) is 88.2 Å². The molecule has 19 heavy (non-hydrogen) atoms. The molecule has 0 aromatic carbocycles. The third-order valence-electron chi connectivity index (χ3n) is 2.28. The van der Waals surface area contributed by atoms with Crippen molar-refractivity contribution in [3.63, 3.8) is 0 Å². The molecule has 0 saturated carbocycles. The van der Waals surface area contributed by atoms with E-state index in [-0.39, 0.29) is 16.0 Å². The Balaban J connectivity index is 2.77. The summed E-state index contributed by atoms with van der Waals surface area (Å²) in [5.41, 5.74) is 0. The van der Waals surface area contributed by atoms with Gasteiger partial charge in [-0.2, -0.15) is 4.72 Å². The predicted molar refractivity (Wildman–Crippen MR) is 72.3 cm³/mol. The Kier molecular flexibility index (Phi) is 5.71. The predicted octanol–water partition coefficient (Wildman–Crippen LogP) is 0.928. The van der Waals surface area contributed by atoms with E-state index >= 15 is 0 Å². The fourth-order valence-electron chi connectivity index (χ4n) is 1.31. The first-order valence-corrected chi connectivity index (χ1v) is 7.64. The summed E-state index contributed by atoms with van der Waals surface area (Å²) in [4.78, 5) is 15.3. The van der Waals surface area contributed by atoms with E-state index in [0.717, 1.165) is 6.42 Å². The average molecular weight is 306 g/mol. The van der Waals surface area contributed by atoms with Crippen molar-refractivity contribution < 1.29 is 13.2 Å². The zero-order chi connectivity index (χ0) is 14.5. The van der Waals surface area contributed by atoms with Crippen molar-refractivity contribution >= 4 is 27.5 Å². The number of carbonyl (C=O) groups is 1. The van der Waals surface area contributed by atoms with Crippen LogP contribution in [0.3, 0.4) is 0 Å². The molecule has 6 nitrogen and oxygen atoms in total. The fraction of sp³-hybridized carbons (Fsp3) is 0.455. The average Bonchev–Trinajstić information content (AvgIpc) is 2.35. The first-order chi connectivity index (χ1) is 8.86. The van der Waals surface area contributed by atoms with Crippen molar-refractivity contribution in [2.75, 3.05) is 6.54 Å². The molecule has 1 aromatic rings. The minimum absolute atomic E-state index is 0.0253. The SMILES string of the molecule is CCCNC(=O)C(C)NS(=O)(=O)c1ccnc(Cl)c1. The van der Waals surface area contributed by atoms with E-state index in [0.29, 0.717) is 6.54 Å². The molecule has 1 rings (SSSR count). The lowest BCUT2D eigenvalue weighted by molar-refractivity contribution is -0.122. The number of aromatic nitrogens is 1. The Hall–Kier alpha value is -1.18. The number of hydrogen-bond acceptors (Lipinski definition) is 4. The molecule has 0 bridgehead atoms. The molecule has 1 amide bonds. The number of nitrogens with zero attached hydrogens (tertiary/aromatic N) is 1. The maximum Gasteiger partial charge on any atom is 0.241 e. The Bertz CT molecular complexity index is 548. The van der Waals surface area contributed by atoms with Gasteiger partial charge in [-0.25, -0.2) is 13.4 Å². The molecule has 106 valence electrons. The lowest BCUT2D eigenvalue weighted by Gasteiger charge is -2.14. The highest BCUT2D eigenvalue weighted by Gasteiger charge is 2.21. The van der Waals surface area contributed by atoms with E-state index in [9.17, 15) is 13.2 Å². The second kappa shape index (κ2) is 6.83. The van der Waals surface area contributed by atoms with Crippen LogP contribution in [0.2, 0.25) is 5.15 Å². The number of carbonyl (C=O) groups excluding carboxylic acids is 1. The van der Waals surface area contributed by atoms with Crippen LogP contribution in [-0.2, 0) is 14.8 Å². The number of hydrogen-bond donors (Lipinski definition) is 2. The molecule has 1 aromatic heterocycles. The Morgan fingerprint density at radius 2 is 2.21 bits per heavy atom. The van der Waals surface area contributed by atoms with Gasteiger partial charge in [0.25, 0.3) is 0 Å². The third kappa shape index (κ3) is 4.77. The molecule has 0 fully saturated rings. The van der Waals surface area contributed by atoms with Gasteiger partial charge in [-0.05, 0) is 25.5 Å². The van der Waals surface area contributed by atoms with Gasteiger partial charge in [0, 0.05) is 12.7 Å². The standard InChI is InChI=1S/C11H16ClN3O3S/c1-3-5-14-11(16)8(2)15-19(17,18)9-4-6-13-10(12)7-9/h4,6-8,15H,3,5H2,1-2H3,(H,14,16). The molecule has 0 spiro atoms. The van der Waals surface area contributed by atoms with Crippen LogP contribution >= 0.6 is 11.6 Å². The number of rotatable bonds is 6. The highest BCUT2D eigenvalue weighted by Crippen LogP contribution is 2.12. The fourth-order valence-corrected chi connectivity index (χ4v) is 2.76. The molecule has 0 aliphatic carbocycles. The van der Waals surface area contributed by atoms with Gasteiger partial charge in [-0.1, -0.05) is 18.5 Å². The van der Waals surface area contributed by atoms with Crippen LogP contribution in [0.5, 0.6) is 0 Å². The van der Waals surface area contributed by atoms with E-state index in [2.05, 4.69) is 15.0 Å². The molecule has 1 atom stereocenters.